The number of carbonyl (C=O) groups is 1. The van der Waals surface area contributed by atoms with Crippen molar-refractivity contribution in [2.75, 3.05) is 26.2 Å². The second kappa shape index (κ2) is 7.23. The van der Waals surface area contributed by atoms with E-state index in [1.807, 2.05) is 0 Å². The fourth-order valence-corrected chi connectivity index (χ4v) is 2.77. The molecule has 25 heavy (non-hydrogen) atoms. The van der Waals surface area contributed by atoms with E-state index in [9.17, 15) is 19.7 Å². The Kier molecular flexibility index (Phi) is 5.04. The van der Waals surface area contributed by atoms with Crippen LogP contribution in [0.3, 0.4) is 0 Å². The van der Waals surface area contributed by atoms with Crippen molar-refractivity contribution in [3.63, 3.8) is 0 Å². The van der Waals surface area contributed by atoms with Crippen molar-refractivity contribution < 1.29 is 24.2 Å². The van der Waals surface area contributed by atoms with Crippen LogP contribution < -0.4 is 9.39 Å². The molecule has 1 amide bonds. The van der Waals surface area contributed by atoms with Crippen LogP contribution >= 0.6 is 0 Å². The molecule has 1 saturated heterocycles. The molecule has 1 aromatic rings. The van der Waals surface area contributed by atoms with Crippen LogP contribution in [0.25, 0.3) is 0 Å². The normalized spacial score (nSPS) is 18.0. The first-order chi connectivity index (χ1) is 12.0. The Bertz CT molecular complexity index is 751. The van der Waals surface area contributed by atoms with Crippen LogP contribution in [0.4, 0.5) is 0 Å². The van der Waals surface area contributed by atoms with Crippen molar-refractivity contribution in [2.24, 2.45) is 5.18 Å². The number of nitrogens with zero attached hydrogens (tertiary/aromatic N) is 2. The fraction of sp³-hybridized carbons (Fsp3) is 0.438. The SMILES string of the molecule is O=NC(=O)c1c(OCC#CCN2CCC2)ccc2c1O[B-](O)(O)CC2. The summed E-state index contributed by atoms with van der Waals surface area (Å²) in [6.45, 7) is -0.283. The minimum Gasteiger partial charge on any atom is -0.669 e. The lowest BCUT2D eigenvalue weighted by molar-refractivity contribution is 0.0994. The third kappa shape index (κ3) is 3.99. The van der Waals surface area contributed by atoms with Crippen LogP contribution in [0.1, 0.15) is 22.3 Å². The van der Waals surface area contributed by atoms with Crippen LogP contribution in [0.5, 0.6) is 11.5 Å². The maximum absolute atomic E-state index is 11.9. The molecular weight excluding hydrogens is 327 g/mol. The Hall–Kier alpha value is -2.41. The van der Waals surface area contributed by atoms with Gasteiger partial charge in [0.1, 0.15) is 17.9 Å². The monoisotopic (exact) mass is 345 g/mol. The van der Waals surface area contributed by atoms with Crippen molar-refractivity contribution in [2.45, 2.75) is 19.2 Å². The Morgan fingerprint density at radius 2 is 2.16 bits per heavy atom. The van der Waals surface area contributed by atoms with Gasteiger partial charge in [0.05, 0.1) is 12.3 Å². The van der Waals surface area contributed by atoms with Crippen LogP contribution in [-0.2, 0) is 6.42 Å². The number of fused-ring (bicyclic) bond motifs is 1. The Balaban J connectivity index is 1.78. The topological polar surface area (TPSA) is 109 Å². The maximum atomic E-state index is 11.9. The van der Waals surface area contributed by atoms with E-state index in [-0.39, 0.29) is 30.0 Å². The number of hydrogen-bond donors (Lipinski definition) is 2. The summed E-state index contributed by atoms with van der Waals surface area (Å²) >= 11 is 0. The lowest BCUT2D eigenvalue weighted by Crippen LogP contribution is -2.45. The number of benzene rings is 1. The van der Waals surface area contributed by atoms with Crippen molar-refractivity contribution in [3.05, 3.63) is 28.2 Å². The fourth-order valence-electron chi connectivity index (χ4n) is 2.77. The van der Waals surface area contributed by atoms with E-state index < -0.39 is 12.7 Å². The summed E-state index contributed by atoms with van der Waals surface area (Å²) < 4.78 is 10.6. The van der Waals surface area contributed by atoms with Gasteiger partial charge in [0.2, 0.25) is 0 Å². The Labute approximate surface area is 144 Å². The summed E-state index contributed by atoms with van der Waals surface area (Å²) in [5.41, 5.74) is 0.384. The second-order valence-corrected chi connectivity index (χ2v) is 6.11. The van der Waals surface area contributed by atoms with Gasteiger partial charge in [0.15, 0.2) is 0 Å². The minimum absolute atomic E-state index is 0.0112. The van der Waals surface area contributed by atoms with Crippen LogP contribution in [0.15, 0.2) is 17.3 Å². The number of likely N-dealkylation sites (tertiary alicyclic amines) is 1. The molecule has 9 heteroatoms. The molecule has 0 saturated carbocycles. The van der Waals surface area contributed by atoms with Crippen LogP contribution in [0, 0.1) is 16.7 Å². The van der Waals surface area contributed by atoms with Gasteiger partial charge in [-0.2, -0.15) is 0 Å². The summed E-state index contributed by atoms with van der Waals surface area (Å²) in [7, 11) is 0. The first-order valence-electron chi connectivity index (χ1n) is 8.14. The van der Waals surface area contributed by atoms with E-state index in [0.717, 1.165) is 13.1 Å². The van der Waals surface area contributed by atoms with Gasteiger partial charge in [0, 0.05) is 18.3 Å². The van der Waals surface area contributed by atoms with Crippen molar-refractivity contribution in [1.82, 2.24) is 4.90 Å². The number of carbonyl (C=O) groups excluding carboxylic acids is 1. The largest absolute Gasteiger partial charge is 0.669 e. The second-order valence-electron chi connectivity index (χ2n) is 6.11. The molecule has 0 atom stereocenters. The minimum atomic E-state index is -3.07. The molecule has 2 heterocycles. The number of rotatable bonds is 4. The van der Waals surface area contributed by atoms with Gasteiger partial charge < -0.3 is 19.4 Å². The van der Waals surface area contributed by atoms with Gasteiger partial charge in [0.25, 0.3) is 0 Å². The van der Waals surface area contributed by atoms with Crippen molar-refractivity contribution in [3.8, 4) is 23.3 Å². The molecule has 0 aromatic heterocycles. The quantitative estimate of drug-likeness (QED) is 0.466. The molecule has 0 bridgehead atoms. The standard InChI is InChI=1S/C16H18BN2O6/c20-16(18-23)14-13(24-11-2-1-8-19-9-3-10-19)5-4-12-6-7-17(21,22)25-15(12)14/h4-5,21-22H,3,6-11H2/q-1. The van der Waals surface area contributed by atoms with Crippen LogP contribution in [0.2, 0.25) is 6.32 Å². The van der Waals surface area contributed by atoms with Crippen molar-refractivity contribution >= 4 is 12.7 Å². The van der Waals surface area contributed by atoms with E-state index >= 15 is 0 Å². The molecule has 0 unspecified atom stereocenters. The molecule has 132 valence electrons. The average Bonchev–Trinajstić information content (AvgIpc) is 2.54. The van der Waals surface area contributed by atoms with Gasteiger partial charge in [-0.25, -0.2) is 0 Å². The summed E-state index contributed by atoms with van der Waals surface area (Å²) in [6.07, 6.45) is 1.50. The molecule has 0 spiro atoms. The molecule has 1 fully saturated rings. The molecule has 0 aliphatic carbocycles. The molecular formula is C16H18BN2O6-. The number of ether oxygens (including phenoxy) is 1. The summed E-state index contributed by atoms with van der Waals surface area (Å²) in [5.74, 6) is 4.74. The highest BCUT2D eigenvalue weighted by atomic mass is 16.6. The predicted octanol–water partition coefficient (Wildman–Crippen LogP) is 0.540. The molecule has 2 aliphatic heterocycles. The molecule has 3 rings (SSSR count). The lowest BCUT2D eigenvalue weighted by Gasteiger charge is -2.37. The highest BCUT2D eigenvalue weighted by molar-refractivity contribution is 6.59. The third-order valence-corrected chi connectivity index (χ3v) is 4.27. The number of hydrogen-bond acceptors (Lipinski definition) is 7. The zero-order valence-corrected chi connectivity index (χ0v) is 13.6. The predicted molar refractivity (Wildman–Crippen MR) is 90.2 cm³/mol. The molecule has 2 N–H and O–H groups in total. The van der Waals surface area contributed by atoms with Gasteiger partial charge in [-0.1, -0.05) is 24.2 Å². The zero-order valence-electron chi connectivity index (χ0n) is 13.6. The maximum Gasteiger partial charge on any atom is 0.430 e. The van der Waals surface area contributed by atoms with Crippen molar-refractivity contribution in [1.29, 1.82) is 0 Å². The summed E-state index contributed by atoms with van der Waals surface area (Å²) in [4.78, 5) is 24.8. The average molecular weight is 345 g/mol. The van der Waals surface area contributed by atoms with Gasteiger partial charge in [-0.15, -0.1) is 4.91 Å². The third-order valence-electron chi connectivity index (χ3n) is 4.27. The highest BCUT2D eigenvalue weighted by Crippen LogP contribution is 2.38. The zero-order chi connectivity index (χ0) is 17.9. The number of aryl methyl sites for hydroxylation is 1. The summed E-state index contributed by atoms with van der Waals surface area (Å²) in [6, 6.07) is 3.19. The lowest BCUT2D eigenvalue weighted by atomic mass is 9.70. The first-order valence-corrected chi connectivity index (χ1v) is 8.14. The van der Waals surface area contributed by atoms with Crippen LogP contribution in [-0.4, -0.2) is 53.9 Å². The molecule has 0 radical (unpaired) electrons. The number of amides is 1. The summed E-state index contributed by atoms with van der Waals surface area (Å²) in [5, 5.41) is 21.9. The smallest absolute Gasteiger partial charge is 0.430 e. The van der Waals surface area contributed by atoms with E-state index in [1.54, 1.807) is 6.07 Å². The van der Waals surface area contributed by atoms with E-state index in [2.05, 4.69) is 21.9 Å². The first kappa shape index (κ1) is 17.4. The molecule has 1 aromatic carbocycles. The van der Waals surface area contributed by atoms with E-state index in [0.29, 0.717) is 18.5 Å². The van der Waals surface area contributed by atoms with E-state index in [4.69, 9.17) is 9.39 Å². The van der Waals surface area contributed by atoms with Gasteiger partial charge >= 0.3 is 12.7 Å². The highest BCUT2D eigenvalue weighted by Gasteiger charge is 2.33. The number of nitroso groups, excluding NO2 is 1. The van der Waals surface area contributed by atoms with Gasteiger partial charge in [-0.05, 0) is 24.5 Å². The molecule has 2 aliphatic rings. The molecule has 8 nitrogen and oxygen atoms in total. The van der Waals surface area contributed by atoms with Gasteiger partial charge in [-0.3, -0.25) is 9.69 Å². The van der Waals surface area contributed by atoms with E-state index in [1.165, 1.54) is 12.5 Å². The Morgan fingerprint density at radius 3 is 2.84 bits per heavy atom. The Morgan fingerprint density at radius 1 is 1.36 bits per heavy atom.